The summed E-state index contributed by atoms with van der Waals surface area (Å²) in [5.74, 6) is 0. The maximum Gasteiger partial charge on any atom is 0.0737 e. The van der Waals surface area contributed by atoms with Gasteiger partial charge in [-0.1, -0.05) is 30.3 Å². The first-order valence-corrected chi connectivity index (χ1v) is 5.88. The third-order valence-electron chi connectivity index (χ3n) is 3.00. The molecule has 16 heavy (non-hydrogen) atoms. The van der Waals surface area contributed by atoms with Crippen LogP contribution in [-0.4, -0.2) is 24.0 Å². The molecule has 0 amide bonds. The first kappa shape index (κ1) is 15.8. The topological polar surface area (TPSA) is 3.24 Å². The molecule has 0 spiro atoms. The van der Waals surface area contributed by atoms with Gasteiger partial charge in [0.15, 0.2) is 0 Å². The molecule has 0 fully saturated rings. The van der Waals surface area contributed by atoms with Crippen molar-refractivity contribution in [3.63, 3.8) is 0 Å². The van der Waals surface area contributed by atoms with Crippen LogP contribution >= 0.6 is 24.0 Å². The van der Waals surface area contributed by atoms with Crippen LogP contribution in [0.25, 0.3) is 0 Å². The maximum atomic E-state index is 6.45. The lowest BCUT2D eigenvalue weighted by molar-refractivity contribution is 0.203. The van der Waals surface area contributed by atoms with Crippen molar-refractivity contribution in [2.24, 2.45) is 0 Å². The first-order valence-electron chi connectivity index (χ1n) is 5.45. The second-order valence-electron chi connectivity index (χ2n) is 4.31. The van der Waals surface area contributed by atoms with Gasteiger partial charge in [0.25, 0.3) is 0 Å². The highest BCUT2D eigenvalue weighted by molar-refractivity contribution is 6.21. The van der Waals surface area contributed by atoms with Gasteiger partial charge in [0.05, 0.1) is 5.38 Å². The average molecular weight is 262 g/mol. The summed E-state index contributed by atoms with van der Waals surface area (Å²) in [6.07, 6.45) is 0. The minimum atomic E-state index is 0. The normalized spacial score (nSPS) is 14.7. The minimum absolute atomic E-state index is 0. The lowest BCUT2D eigenvalue weighted by Crippen LogP contribution is -2.37. The second-order valence-corrected chi connectivity index (χ2v) is 4.78. The molecule has 1 rings (SSSR count). The summed E-state index contributed by atoms with van der Waals surface area (Å²) in [6, 6.07) is 11.1. The Bertz CT molecular complexity index is 287. The lowest BCUT2D eigenvalue weighted by atomic mass is 10.0. The molecule has 0 bridgehead atoms. The smallest absolute Gasteiger partial charge is 0.0737 e. The Kier molecular flexibility index (Phi) is 7.05. The van der Waals surface area contributed by atoms with E-state index in [0.717, 1.165) is 0 Å². The highest BCUT2D eigenvalue weighted by Crippen LogP contribution is 2.27. The molecule has 92 valence electrons. The third-order valence-corrected chi connectivity index (χ3v) is 3.62. The largest absolute Gasteiger partial charge is 0.299 e. The Hall–Kier alpha value is -0.240. The van der Waals surface area contributed by atoms with Crippen molar-refractivity contribution in [2.45, 2.75) is 38.2 Å². The second kappa shape index (κ2) is 7.16. The Balaban J connectivity index is 0.00000225. The van der Waals surface area contributed by atoms with Gasteiger partial charge in [-0.2, -0.15) is 0 Å². The van der Waals surface area contributed by atoms with Crippen LogP contribution in [0.15, 0.2) is 30.3 Å². The molecule has 0 saturated heterocycles. The zero-order chi connectivity index (χ0) is 11.4. The molecule has 0 aliphatic heterocycles. The van der Waals surface area contributed by atoms with Gasteiger partial charge in [0, 0.05) is 12.1 Å². The third kappa shape index (κ3) is 3.97. The van der Waals surface area contributed by atoms with E-state index in [4.69, 9.17) is 11.6 Å². The Morgan fingerprint density at radius 1 is 1.06 bits per heavy atom. The molecule has 1 nitrogen and oxygen atoms in total. The van der Waals surface area contributed by atoms with E-state index >= 15 is 0 Å². The van der Waals surface area contributed by atoms with E-state index in [9.17, 15) is 0 Å². The Morgan fingerprint density at radius 3 is 2.00 bits per heavy atom. The summed E-state index contributed by atoms with van der Waals surface area (Å²) in [6.45, 7) is 6.54. The summed E-state index contributed by atoms with van der Waals surface area (Å²) in [7, 11) is 2.12. The van der Waals surface area contributed by atoms with E-state index in [2.05, 4.69) is 44.9 Å². The molecule has 1 aromatic carbocycles. The zero-order valence-corrected chi connectivity index (χ0v) is 11.9. The fraction of sp³-hybridized carbons (Fsp3) is 0.538. The Labute approximate surface area is 110 Å². The number of rotatable bonds is 4. The molecule has 1 aromatic rings. The van der Waals surface area contributed by atoms with E-state index < -0.39 is 0 Å². The number of halogens is 2. The van der Waals surface area contributed by atoms with Gasteiger partial charge in [-0.05, 0) is 33.4 Å². The molecular formula is C13H21Cl2N. The standard InChI is InChI=1S/C13H20ClN.ClH/c1-10(2)15(4)11(3)13(14)12-8-6-5-7-9-12;/h5-11,13H,1-4H3;1H. The van der Waals surface area contributed by atoms with Gasteiger partial charge in [0.2, 0.25) is 0 Å². The van der Waals surface area contributed by atoms with Crippen LogP contribution < -0.4 is 0 Å². The van der Waals surface area contributed by atoms with E-state index in [1.807, 2.05) is 18.2 Å². The molecular weight excluding hydrogens is 241 g/mol. The first-order chi connectivity index (χ1) is 7.04. The van der Waals surface area contributed by atoms with Crippen LogP contribution in [0.5, 0.6) is 0 Å². The molecule has 0 aliphatic rings. The quantitative estimate of drug-likeness (QED) is 0.738. The van der Waals surface area contributed by atoms with Crippen LogP contribution in [0, 0.1) is 0 Å². The van der Waals surface area contributed by atoms with Crippen molar-refractivity contribution < 1.29 is 0 Å². The minimum Gasteiger partial charge on any atom is -0.299 e. The maximum absolute atomic E-state index is 6.45. The number of hydrogen-bond acceptors (Lipinski definition) is 1. The summed E-state index contributed by atoms with van der Waals surface area (Å²) in [4.78, 5) is 2.30. The predicted molar refractivity (Wildman–Crippen MR) is 74.6 cm³/mol. The van der Waals surface area contributed by atoms with E-state index in [-0.39, 0.29) is 17.8 Å². The highest BCUT2D eigenvalue weighted by atomic mass is 35.5. The predicted octanol–water partition coefficient (Wildman–Crippen LogP) is 4.12. The van der Waals surface area contributed by atoms with Crippen molar-refractivity contribution in [2.75, 3.05) is 7.05 Å². The fourth-order valence-electron chi connectivity index (χ4n) is 1.59. The van der Waals surface area contributed by atoms with Gasteiger partial charge in [-0.15, -0.1) is 24.0 Å². The number of nitrogens with zero attached hydrogens (tertiary/aromatic N) is 1. The SMILES string of the molecule is CC(C)N(C)C(C)C(Cl)c1ccccc1.Cl. The Morgan fingerprint density at radius 2 is 1.56 bits per heavy atom. The van der Waals surface area contributed by atoms with Crippen LogP contribution in [0.1, 0.15) is 31.7 Å². The summed E-state index contributed by atoms with van der Waals surface area (Å²) >= 11 is 6.45. The van der Waals surface area contributed by atoms with Crippen molar-refractivity contribution in [3.8, 4) is 0 Å². The molecule has 3 heteroatoms. The average Bonchev–Trinajstić information content (AvgIpc) is 2.27. The summed E-state index contributed by atoms with van der Waals surface area (Å²) < 4.78 is 0. The van der Waals surface area contributed by atoms with Crippen molar-refractivity contribution in [1.82, 2.24) is 4.90 Å². The number of likely N-dealkylation sites (N-methyl/N-ethyl adjacent to an activating group) is 1. The molecule has 2 unspecified atom stereocenters. The summed E-state index contributed by atoms with van der Waals surface area (Å²) in [5, 5.41) is 0.0543. The monoisotopic (exact) mass is 261 g/mol. The van der Waals surface area contributed by atoms with Crippen molar-refractivity contribution in [1.29, 1.82) is 0 Å². The van der Waals surface area contributed by atoms with Crippen LogP contribution in [-0.2, 0) is 0 Å². The zero-order valence-electron chi connectivity index (χ0n) is 10.4. The molecule has 0 aliphatic carbocycles. The van der Waals surface area contributed by atoms with Gasteiger partial charge in [-0.3, -0.25) is 4.90 Å². The van der Waals surface area contributed by atoms with Crippen LogP contribution in [0.2, 0.25) is 0 Å². The highest BCUT2D eigenvalue weighted by Gasteiger charge is 2.21. The number of alkyl halides is 1. The molecule has 2 atom stereocenters. The van der Waals surface area contributed by atoms with E-state index in [1.165, 1.54) is 5.56 Å². The molecule has 0 saturated carbocycles. The van der Waals surface area contributed by atoms with Gasteiger partial charge in [-0.25, -0.2) is 0 Å². The van der Waals surface area contributed by atoms with Crippen LogP contribution in [0.3, 0.4) is 0 Å². The van der Waals surface area contributed by atoms with E-state index in [1.54, 1.807) is 0 Å². The van der Waals surface area contributed by atoms with Gasteiger partial charge >= 0.3 is 0 Å². The molecule has 0 N–H and O–H groups in total. The van der Waals surface area contributed by atoms with Crippen molar-refractivity contribution >= 4 is 24.0 Å². The molecule has 0 aromatic heterocycles. The number of benzene rings is 1. The van der Waals surface area contributed by atoms with Crippen molar-refractivity contribution in [3.05, 3.63) is 35.9 Å². The van der Waals surface area contributed by atoms with Crippen LogP contribution in [0.4, 0.5) is 0 Å². The molecule has 0 heterocycles. The molecule has 0 radical (unpaired) electrons. The lowest BCUT2D eigenvalue weighted by Gasteiger charge is -2.31. The van der Waals surface area contributed by atoms with Gasteiger partial charge in [0.1, 0.15) is 0 Å². The van der Waals surface area contributed by atoms with Gasteiger partial charge < -0.3 is 0 Å². The van der Waals surface area contributed by atoms with E-state index in [0.29, 0.717) is 12.1 Å². The fourth-order valence-corrected chi connectivity index (χ4v) is 1.92. The summed E-state index contributed by atoms with van der Waals surface area (Å²) in [5.41, 5.74) is 1.19. The number of hydrogen-bond donors (Lipinski definition) is 0.